The van der Waals surface area contributed by atoms with E-state index in [1.807, 2.05) is 25.1 Å². The lowest BCUT2D eigenvalue weighted by Gasteiger charge is -2.11. The van der Waals surface area contributed by atoms with Gasteiger partial charge in [0, 0.05) is 5.56 Å². The van der Waals surface area contributed by atoms with E-state index in [1.165, 1.54) is 37.7 Å². The molecule has 0 atom stereocenters. The SMILES string of the molecule is CCCCCCCc1cc(C)c(O)c(-c2ccccc2)c1. The summed E-state index contributed by atoms with van der Waals surface area (Å²) in [6, 6.07) is 14.4. The van der Waals surface area contributed by atoms with Crippen molar-refractivity contribution in [2.24, 2.45) is 0 Å². The van der Waals surface area contributed by atoms with Gasteiger partial charge in [-0.2, -0.15) is 0 Å². The van der Waals surface area contributed by atoms with Gasteiger partial charge in [-0.25, -0.2) is 0 Å². The van der Waals surface area contributed by atoms with Crippen molar-refractivity contribution in [1.82, 2.24) is 0 Å². The Bertz CT molecular complexity index is 558. The van der Waals surface area contributed by atoms with Crippen LogP contribution >= 0.6 is 0 Å². The van der Waals surface area contributed by atoms with Gasteiger partial charge in [-0.3, -0.25) is 0 Å². The molecule has 0 bridgehead atoms. The van der Waals surface area contributed by atoms with Crippen LogP contribution in [0.15, 0.2) is 42.5 Å². The van der Waals surface area contributed by atoms with E-state index in [9.17, 15) is 5.11 Å². The van der Waals surface area contributed by atoms with Gasteiger partial charge in [-0.15, -0.1) is 0 Å². The first-order valence-corrected chi connectivity index (χ1v) is 8.10. The summed E-state index contributed by atoms with van der Waals surface area (Å²) in [4.78, 5) is 0. The number of hydrogen-bond donors (Lipinski definition) is 1. The minimum Gasteiger partial charge on any atom is -0.507 e. The second-order valence-electron chi connectivity index (χ2n) is 5.84. The van der Waals surface area contributed by atoms with E-state index in [0.29, 0.717) is 5.75 Å². The monoisotopic (exact) mass is 282 g/mol. The van der Waals surface area contributed by atoms with Gasteiger partial charge in [-0.1, -0.05) is 69.0 Å². The molecule has 0 unspecified atom stereocenters. The van der Waals surface area contributed by atoms with E-state index in [2.05, 4.69) is 31.2 Å². The third-order valence-electron chi connectivity index (χ3n) is 4.01. The topological polar surface area (TPSA) is 20.2 Å². The van der Waals surface area contributed by atoms with Crippen LogP contribution in [-0.4, -0.2) is 5.11 Å². The largest absolute Gasteiger partial charge is 0.507 e. The molecule has 21 heavy (non-hydrogen) atoms. The van der Waals surface area contributed by atoms with Crippen LogP contribution < -0.4 is 0 Å². The molecule has 0 fully saturated rings. The Kier molecular flexibility index (Phi) is 5.86. The Balaban J connectivity index is 2.12. The summed E-state index contributed by atoms with van der Waals surface area (Å²) >= 11 is 0. The summed E-state index contributed by atoms with van der Waals surface area (Å²) in [5.41, 5.74) is 4.35. The molecule has 0 saturated heterocycles. The molecule has 0 radical (unpaired) electrons. The molecule has 2 aromatic rings. The van der Waals surface area contributed by atoms with Gasteiger partial charge in [0.15, 0.2) is 0 Å². The normalized spacial score (nSPS) is 10.8. The van der Waals surface area contributed by atoms with Crippen molar-refractivity contribution in [2.75, 3.05) is 0 Å². The van der Waals surface area contributed by atoms with Crippen molar-refractivity contribution < 1.29 is 5.11 Å². The van der Waals surface area contributed by atoms with Crippen molar-refractivity contribution in [2.45, 2.75) is 52.4 Å². The summed E-state index contributed by atoms with van der Waals surface area (Å²) in [5.74, 6) is 0.413. The fourth-order valence-electron chi connectivity index (χ4n) is 2.77. The second-order valence-corrected chi connectivity index (χ2v) is 5.84. The number of unbranched alkanes of at least 4 members (excludes halogenated alkanes) is 4. The summed E-state index contributed by atoms with van der Waals surface area (Å²) in [7, 11) is 0. The Hall–Kier alpha value is -1.76. The van der Waals surface area contributed by atoms with Crippen LogP contribution in [0.2, 0.25) is 0 Å². The van der Waals surface area contributed by atoms with Gasteiger partial charge >= 0.3 is 0 Å². The van der Waals surface area contributed by atoms with E-state index in [1.54, 1.807) is 0 Å². The Morgan fingerprint density at radius 2 is 1.62 bits per heavy atom. The summed E-state index contributed by atoms with van der Waals surface area (Å²) in [6.07, 6.45) is 7.59. The highest BCUT2D eigenvalue weighted by Gasteiger charge is 2.09. The molecule has 2 aromatic carbocycles. The number of aryl methyl sites for hydroxylation is 2. The van der Waals surface area contributed by atoms with Gasteiger partial charge in [-0.05, 0) is 42.5 Å². The minimum atomic E-state index is 0.413. The van der Waals surface area contributed by atoms with Crippen molar-refractivity contribution in [3.8, 4) is 16.9 Å². The van der Waals surface area contributed by atoms with Crippen LogP contribution in [-0.2, 0) is 6.42 Å². The molecular formula is C20H26O. The van der Waals surface area contributed by atoms with Crippen LogP contribution in [0.25, 0.3) is 11.1 Å². The quantitative estimate of drug-likeness (QED) is 0.629. The average Bonchev–Trinajstić information content (AvgIpc) is 2.51. The van der Waals surface area contributed by atoms with Crippen molar-refractivity contribution in [3.05, 3.63) is 53.6 Å². The fraction of sp³-hybridized carbons (Fsp3) is 0.400. The smallest absolute Gasteiger partial charge is 0.126 e. The van der Waals surface area contributed by atoms with E-state index in [-0.39, 0.29) is 0 Å². The zero-order chi connectivity index (χ0) is 15.1. The first-order valence-electron chi connectivity index (χ1n) is 8.10. The highest BCUT2D eigenvalue weighted by atomic mass is 16.3. The standard InChI is InChI=1S/C20H26O/c1-3-4-5-6-8-11-17-14-16(2)20(21)19(15-17)18-12-9-7-10-13-18/h7,9-10,12-15,21H,3-6,8,11H2,1-2H3. The zero-order valence-electron chi connectivity index (χ0n) is 13.2. The predicted molar refractivity (Wildman–Crippen MR) is 90.7 cm³/mol. The lowest BCUT2D eigenvalue weighted by Crippen LogP contribution is -1.91. The van der Waals surface area contributed by atoms with Crippen molar-refractivity contribution in [1.29, 1.82) is 0 Å². The lowest BCUT2D eigenvalue weighted by molar-refractivity contribution is 0.473. The van der Waals surface area contributed by atoms with Gasteiger partial charge < -0.3 is 5.11 Å². The van der Waals surface area contributed by atoms with E-state index in [4.69, 9.17) is 0 Å². The third kappa shape index (κ3) is 4.35. The first-order chi connectivity index (χ1) is 10.2. The van der Waals surface area contributed by atoms with E-state index in [0.717, 1.165) is 23.1 Å². The van der Waals surface area contributed by atoms with Gasteiger partial charge in [0.05, 0.1) is 0 Å². The molecule has 0 aliphatic heterocycles. The van der Waals surface area contributed by atoms with Crippen LogP contribution in [0, 0.1) is 6.92 Å². The molecule has 1 N–H and O–H groups in total. The molecule has 112 valence electrons. The molecule has 1 heteroatoms. The molecule has 1 nitrogen and oxygen atoms in total. The lowest BCUT2D eigenvalue weighted by atomic mass is 9.96. The maximum Gasteiger partial charge on any atom is 0.126 e. The van der Waals surface area contributed by atoms with Gasteiger partial charge in [0.2, 0.25) is 0 Å². The number of aromatic hydroxyl groups is 1. The van der Waals surface area contributed by atoms with E-state index < -0.39 is 0 Å². The summed E-state index contributed by atoms with van der Waals surface area (Å²) in [5, 5.41) is 10.3. The van der Waals surface area contributed by atoms with Crippen LogP contribution in [0.3, 0.4) is 0 Å². The van der Waals surface area contributed by atoms with Crippen LogP contribution in [0.5, 0.6) is 5.75 Å². The number of rotatable bonds is 7. The second kappa shape index (κ2) is 7.87. The molecule has 0 saturated carbocycles. The van der Waals surface area contributed by atoms with Crippen LogP contribution in [0.4, 0.5) is 0 Å². The molecule has 0 heterocycles. The number of phenols is 1. The predicted octanol–water partition coefficient (Wildman–Crippen LogP) is 5.88. The average molecular weight is 282 g/mol. The zero-order valence-corrected chi connectivity index (χ0v) is 13.2. The maximum absolute atomic E-state index is 10.3. The number of hydrogen-bond acceptors (Lipinski definition) is 1. The molecule has 0 spiro atoms. The van der Waals surface area contributed by atoms with E-state index >= 15 is 0 Å². The Labute approximate surface area is 128 Å². The highest BCUT2D eigenvalue weighted by molar-refractivity contribution is 5.72. The van der Waals surface area contributed by atoms with Gasteiger partial charge in [0.1, 0.15) is 5.75 Å². The molecule has 2 rings (SSSR count). The Morgan fingerprint density at radius 1 is 0.905 bits per heavy atom. The van der Waals surface area contributed by atoms with Gasteiger partial charge in [0.25, 0.3) is 0 Å². The minimum absolute atomic E-state index is 0.413. The molecule has 0 amide bonds. The van der Waals surface area contributed by atoms with Crippen LogP contribution in [0.1, 0.15) is 50.2 Å². The first kappa shape index (κ1) is 15.6. The number of benzene rings is 2. The molecule has 0 aliphatic rings. The van der Waals surface area contributed by atoms with Crippen molar-refractivity contribution >= 4 is 0 Å². The molecule has 0 aromatic heterocycles. The number of phenolic OH excluding ortho intramolecular Hbond substituents is 1. The third-order valence-corrected chi connectivity index (χ3v) is 4.01. The Morgan fingerprint density at radius 3 is 2.33 bits per heavy atom. The molecule has 0 aliphatic carbocycles. The summed E-state index contributed by atoms with van der Waals surface area (Å²) in [6.45, 7) is 4.23. The highest BCUT2D eigenvalue weighted by Crippen LogP contribution is 2.33. The fourth-order valence-corrected chi connectivity index (χ4v) is 2.77. The van der Waals surface area contributed by atoms with Crippen molar-refractivity contribution in [3.63, 3.8) is 0 Å². The molecular weight excluding hydrogens is 256 g/mol. The summed E-state index contributed by atoms with van der Waals surface area (Å²) < 4.78 is 0. The maximum atomic E-state index is 10.3.